The van der Waals surface area contributed by atoms with Gasteiger partial charge in [-0.2, -0.15) is 0 Å². The van der Waals surface area contributed by atoms with E-state index in [9.17, 15) is 0 Å². The summed E-state index contributed by atoms with van der Waals surface area (Å²) in [4.78, 5) is 3.87. The molecule has 0 saturated heterocycles. The first-order valence-corrected chi connectivity index (χ1v) is 11.9. The summed E-state index contributed by atoms with van der Waals surface area (Å²) in [7, 11) is 0. The van der Waals surface area contributed by atoms with Gasteiger partial charge in [-0.1, -0.05) is 102 Å². The first-order valence-electron chi connectivity index (χ1n) is 11.9. The maximum atomic E-state index is 3.87. The molecule has 0 aliphatic carbocycles. The van der Waals surface area contributed by atoms with Crippen molar-refractivity contribution in [3.63, 3.8) is 0 Å². The molecule has 5 rings (SSSR count). The van der Waals surface area contributed by atoms with Gasteiger partial charge in [0.1, 0.15) is 0 Å². The maximum Gasteiger partial charge on any atom is 0.0544 e. The third kappa shape index (κ3) is 3.86. The fourth-order valence-corrected chi connectivity index (χ4v) is 4.66. The molecule has 0 aliphatic heterocycles. The van der Waals surface area contributed by atoms with Crippen LogP contribution in [0.3, 0.4) is 0 Å². The fourth-order valence-electron chi connectivity index (χ4n) is 4.66. The van der Waals surface area contributed by atoms with E-state index in [-0.39, 0.29) is 10.8 Å². The maximum absolute atomic E-state index is 3.87. The van der Waals surface area contributed by atoms with Gasteiger partial charge in [-0.25, -0.2) is 0 Å². The van der Waals surface area contributed by atoms with E-state index in [2.05, 4.69) is 131 Å². The van der Waals surface area contributed by atoms with Crippen LogP contribution in [0.1, 0.15) is 52.7 Å². The molecule has 0 fully saturated rings. The fraction of sp³-hybridized carbons (Fsp3) is 0.250. The number of rotatable bonds is 2. The van der Waals surface area contributed by atoms with Crippen molar-refractivity contribution in [3.8, 4) is 22.3 Å². The van der Waals surface area contributed by atoms with E-state index >= 15 is 0 Å². The smallest absolute Gasteiger partial charge is 0.0544 e. The van der Waals surface area contributed by atoms with Gasteiger partial charge >= 0.3 is 0 Å². The molecule has 0 amide bonds. The SMILES string of the molecule is CC(C)(C)c1cc(-c2ccccc2)c2[nH]c3c(-c4ccccc4)cc(C(C)(C)C)cc3c2c1. The summed E-state index contributed by atoms with van der Waals surface area (Å²) >= 11 is 0. The van der Waals surface area contributed by atoms with E-state index in [0.29, 0.717) is 0 Å². The van der Waals surface area contributed by atoms with Crippen LogP contribution < -0.4 is 0 Å². The van der Waals surface area contributed by atoms with E-state index in [0.717, 1.165) is 0 Å². The van der Waals surface area contributed by atoms with Gasteiger partial charge in [-0.05, 0) is 57.3 Å². The molecule has 0 saturated carbocycles. The third-order valence-corrected chi connectivity index (χ3v) is 6.72. The van der Waals surface area contributed by atoms with Crippen molar-refractivity contribution in [3.05, 3.63) is 96.1 Å². The first kappa shape index (κ1) is 21.5. The Morgan fingerprint density at radius 2 is 0.848 bits per heavy atom. The predicted octanol–water partition coefficient (Wildman–Crippen LogP) is 9.25. The average Bonchev–Trinajstić information content (AvgIpc) is 3.16. The normalized spacial score (nSPS) is 12.5. The predicted molar refractivity (Wildman–Crippen MR) is 144 cm³/mol. The van der Waals surface area contributed by atoms with Gasteiger partial charge in [0, 0.05) is 21.9 Å². The minimum absolute atomic E-state index is 0.0607. The highest BCUT2D eigenvalue weighted by Crippen LogP contribution is 2.42. The summed E-state index contributed by atoms with van der Waals surface area (Å²) in [5, 5.41) is 2.61. The Labute approximate surface area is 197 Å². The summed E-state index contributed by atoms with van der Waals surface area (Å²) < 4.78 is 0. The highest BCUT2D eigenvalue weighted by Gasteiger charge is 2.22. The summed E-state index contributed by atoms with van der Waals surface area (Å²) in [6, 6.07) is 31.1. The third-order valence-electron chi connectivity index (χ3n) is 6.72. The van der Waals surface area contributed by atoms with Crippen molar-refractivity contribution >= 4 is 21.8 Å². The van der Waals surface area contributed by atoms with Gasteiger partial charge < -0.3 is 4.98 Å². The second-order valence-electron chi connectivity index (χ2n) is 11.2. The molecule has 33 heavy (non-hydrogen) atoms. The molecule has 0 unspecified atom stereocenters. The van der Waals surface area contributed by atoms with E-state index in [1.165, 1.54) is 55.2 Å². The van der Waals surface area contributed by atoms with Crippen molar-refractivity contribution in [1.29, 1.82) is 0 Å². The number of fused-ring (bicyclic) bond motifs is 3. The molecule has 5 aromatic rings. The van der Waals surface area contributed by atoms with Gasteiger partial charge in [0.25, 0.3) is 0 Å². The molecule has 0 spiro atoms. The average molecular weight is 432 g/mol. The van der Waals surface area contributed by atoms with Crippen LogP contribution in [0, 0.1) is 0 Å². The van der Waals surface area contributed by atoms with Crippen molar-refractivity contribution in [2.45, 2.75) is 52.4 Å². The van der Waals surface area contributed by atoms with Crippen LogP contribution in [-0.2, 0) is 10.8 Å². The van der Waals surface area contributed by atoms with E-state index in [1.807, 2.05) is 0 Å². The molecule has 1 heterocycles. The first-order chi connectivity index (χ1) is 15.6. The Bertz CT molecular complexity index is 1330. The number of nitrogens with one attached hydrogen (secondary N) is 1. The molecular weight excluding hydrogens is 398 g/mol. The Morgan fingerprint density at radius 1 is 0.485 bits per heavy atom. The lowest BCUT2D eigenvalue weighted by atomic mass is 9.82. The summed E-state index contributed by atoms with van der Waals surface area (Å²) in [5.74, 6) is 0. The van der Waals surface area contributed by atoms with Gasteiger partial charge in [0.2, 0.25) is 0 Å². The largest absolute Gasteiger partial charge is 0.353 e. The summed E-state index contributed by atoms with van der Waals surface area (Å²) in [6.07, 6.45) is 0. The van der Waals surface area contributed by atoms with Crippen LogP contribution in [0.4, 0.5) is 0 Å². The molecule has 4 aromatic carbocycles. The summed E-state index contributed by atoms with van der Waals surface area (Å²) in [6.45, 7) is 13.8. The molecule has 166 valence electrons. The van der Waals surface area contributed by atoms with Gasteiger partial charge in [0.05, 0.1) is 11.0 Å². The quantitative estimate of drug-likeness (QED) is 0.287. The molecule has 1 N–H and O–H groups in total. The Morgan fingerprint density at radius 3 is 1.18 bits per heavy atom. The standard InChI is InChI=1S/C32H33N/c1-31(2,3)23-17-25(21-13-9-7-10-14-21)29-27(19-23)28-20-24(32(4,5)6)18-26(30(28)33-29)22-15-11-8-12-16-22/h7-20,33H,1-6H3. The molecular formula is C32H33N. The van der Waals surface area contributed by atoms with E-state index in [4.69, 9.17) is 0 Å². The zero-order chi connectivity index (χ0) is 23.4. The lowest BCUT2D eigenvalue weighted by Gasteiger charge is -2.22. The van der Waals surface area contributed by atoms with Crippen LogP contribution in [0.5, 0.6) is 0 Å². The Balaban J connectivity index is 1.95. The van der Waals surface area contributed by atoms with Crippen molar-refractivity contribution in [2.75, 3.05) is 0 Å². The van der Waals surface area contributed by atoms with Crippen LogP contribution in [0.15, 0.2) is 84.9 Å². The molecule has 0 aliphatic rings. The molecule has 1 nitrogen and oxygen atoms in total. The highest BCUT2D eigenvalue weighted by molar-refractivity contribution is 6.16. The van der Waals surface area contributed by atoms with E-state index in [1.54, 1.807) is 0 Å². The zero-order valence-corrected chi connectivity index (χ0v) is 20.6. The number of aromatic nitrogens is 1. The van der Waals surface area contributed by atoms with Crippen LogP contribution in [-0.4, -0.2) is 4.98 Å². The summed E-state index contributed by atoms with van der Waals surface area (Å²) in [5.41, 5.74) is 10.3. The molecule has 1 aromatic heterocycles. The number of hydrogen-bond donors (Lipinski definition) is 1. The van der Waals surface area contributed by atoms with Crippen LogP contribution >= 0.6 is 0 Å². The second kappa shape index (κ2) is 7.63. The molecule has 0 radical (unpaired) electrons. The van der Waals surface area contributed by atoms with Crippen molar-refractivity contribution in [2.24, 2.45) is 0 Å². The second-order valence-corrected chi connectivity index (χ2v) is 11.2. The Kier molecular flexibility index (Phi) is 4.97. The van der Waals surface area contributed by atoms with Gasteiger partial charge in [-0.3, -0.25) is 0 Å². The minimum atomic E-state index is 0.0607. The number of hydrogen-bond acceptors (Lipinski definition) is 0. The van der Waals surface area contributed by atoms with E-state index < -0.39 is 0 Å². The lowest BCUT2D eigenvalue weighted by molar-refractivity contribution is 0.590. The topological polar surface area (TPSA) is 15.8 Å². The molecule has 0 bridgehead atoms. The molecule has 1 heteroatoms. The lowest BCUT2D eigenvalue weighted by Crippen LogP contribution is -2.11. The zero-order valence-electron chi connectivity index (χ0n) is 20.6. The minimum Gasteiger partial charge on any atom is -0.353 e. The number of aromatic amines is 1. The number of benzene rings is 4. The Hall–Kier alpha value is -3.32. The monoisotopic (exact) mass is 431 g/mol. The van der Waals surface area contributed by atoms with Crippen molar-refractivity contribution < 1.29 is 0 Å². The van der Waals surface area contributed by atoms with Crippen LogP contribution in [0.2, 0.25) is 0 Å². The van der Waals surface area contributed by atoms with Crippen molar-refractivity contribution in [1.82, 2.24) is 4.98 Å². The molecule has 0 atom stereocenters. The van der Waals surface area contributed by atoms with Crippen LogP contribution in [0.25, 0.3) is 44.1 Å². The van der Waals surface area contributed by atoms with Gasteiger partial charge in [0.15, 0.2) is 0 Å². The highest BCUT2D eigenvalue weighted by atomic mass is 14.7. The number of H-pyrrole nitrogens is 1. The van der Waals surface area contributed by atoms with Gasteiger partial charge in [-0.15, -0.1) is 0 Å².